The Balaban J connectivity index is 5.25. The standard InChI is InChI=1S/C75H146O17P2/c1-7-9-11-13-15-17-19-21-26-29-33-39-45-51-57-72(77)85-63-70(91-75(80)60-54-48-41-35-31-27-23-22-25-28-32-37-43-49-55-67(3)4)65-89-93(81,82)87-61-69(76)62-88-94(83,84)90-66-71(64-86-73(78)58-52-46-42-36-38-44-50-56-68(5)6)92-74(79)59-53-47-40-34-30-24-20-18-16-14-12-10-8-2/h67-71,76H,7-66H2,1-6H3,(H,81,82)(H,83,84)/t69-,70-,71-/m1/s1. The van der Waals surface area contributed by atoms with Gasteiger partial charge in [0.05, 0.1) is 26.4 Å². The van der Waals surface area contributed by atoms with E-state index in [1.54, 1.807) is 0 Å². The van der Waals surface area contributed by atoms with Crippen LogP contribution in [0.2, 0.25) is 0 Å². The largest absolute Gasteiger partial charge is 0.472 e. The van der Waals surface area contributed by atoms with Crippen LogP contribution in [0.5, 0.6) is 0 Å². The van der Waals surface area contributed by atoms with Crippen molar-refractivity contribution in [3.8, 4) is 0 Å². The van der Waals surface area contributed by atoms with Crippen LogP contribution in [0.4, 0.5) is 0 Å². The van der Waals surface area contributed by atoms with Gasteiger partial charge in [0.15, 0.2) is 12.2 Å². The highest BCUT2D eigenvalue weighted by atomic mass is 31.2. The molecular weight excluding hydrogens is 1230 g/mol. The SMILES string of the molecule is CCCCCCCCCCCCCCCCC(=O)OC[C@H](COP(=O)(O)OC[C@@H](O)COP(=O)(O)OC[C@@H](COC(=O)CCCCCCCCCC(C)C)OC(=O)CCCCCCCCCCCCCCC)OC(=O)CCCCCCCCCCCCCCCCC(C)C. The third kappa shape index (κ3) is 68.6. The van der Waals surface area contributed by atoms with Crippen molar-refractivity contribution in [2.45, 2.75) is 407 Å². The van der Waals surface area contributed by atoms with Gasteiger partial charge in [0, 0.05) is 25.7 Å². The molecule has 94 heavy (non-hydrogen) atoms. The van der Waals surface area contributed by atoms with Crippen molar-refractivity contribution in [3.05, 3.63) is 0 Å². The Morgan fingerprint density at radius 2 is 0.489 bits per heavy atom. The highest BCUT2D eigenvalue weighted by Crippen LogP contribution is 2.45. The number of aliphatic hydroxyl groups is 1. The minimum Gasteiger partial charge on any atom is -0.462 e. The molecule has 0 aliphatic heterocycles. The van der Waals surface area contributed by atoms with Crippen molar-refractivity contribution >= 4 is 39.5 Å². The highest BCUT2D eigenvalue weighted by molar-refractivity contribution is 7.47. The number of aliphatic hydroxyl groups excluding tert-OH is 1. The normalized spacial score (nSPS) is 14.0. The van der Waals surface area contributed by atoms with Gasteiger partial charge in [-0.25, -0.2) is 9.13 Å². The van der Waals surface area contributed by atoms with Crippen LogP contribution < -0.4 is 0 Å². The molecule has 0 amide bonds. The number of hydrogen-bond donors (Lipinski definition) is 3. The molecule has 0 saturated heterocycles. The predicted molar refractivity (Wildman–Crippen MR) is 381 cm³/mol. The lowest BCUT2D eigenvalue weighted by Gasteiger charge is -2.21. The third-order valence-electron chi connectivity index (χ3n) is 17.5. The lowest BCUT2D eigenvalue weighted by atomic mass is 10.0. The fourth-order valence-electron chi connectivity index (χ4n) is 11.5. The van der Waals surface area contributed by atoms with E-state index in [4.69, 9.17) is 37.0 Å². The van der Waals surface area contributed by atoms with Crippen LogP contribution in [0.1, 0.15) is 388 Å². The molecule has 0 aliphatic rings. The Hall–Kier alpha value is -1.94. The first-order chi connectivity index (χ1) is 45.4. The second-order valence-corrected chi connectivity index (χ2v) is 30.9. The van der Waals surface area contributed by atoms with E-state index in [0.29, 0.717) is 31.6 Å². The van der Waals surface area contributed by atoms with Gasteiger partial charge in [0.2, 0.25) is 0 Å². The first-order valence-electron chi connectivity index (χ1n) is 39.0. The van der Waals surface area contributed by atoms with Crippen LogP contribution in [0.25, 0.3) is 0 Å². The lowest BCUT2D eigenvalue weighted by Crippen LogP contribution is -2.30. The molecular formula is C75H146O17P2. The topological polar surface area (TPSA) is 237 Å². The summed E-state index contributed by atoms with van der Waals surface area (Å²) < 4.78 is 68.5. The molecule has 0 saturated carbocycles. The number of carbonyl (C=O) groups excluding carboxylic acids is 4. The summed E-state index contributed by atoms with van der Waals surface area (Å²) in [6, 6.07) is 0. The van der Waals surface area contributed by atoms with Gasteiger partial charge in [0.1, 0.15) is 19.3 Å². The van der Waals surface area contributed by atoms with Crippen molar-refractivity contribution in [1.29, 1.82) is 0 Å². The summed E-state index contributed by atoms with van der Waals surface area (Å²) in [5.41, 5.74) is 0. The number of unbranched alkanes of at least 4 members (excludes halogenated alkanes) is 44. The molecule has 0 radical (unpaired) electrons. The van der Waals surface area contributed by atoms with Gasteiger partial charge in [-0.1, -0.05) is 337 Å². The van der Waals surface area contributed by atoms with E-state index in [1.165, 1.54) is 199 Å². The van der Waals surface area contributed by atoms with Crippen LogP contribution in [0, 0.1) is 11.8 Å². The summed E-state index contributed by atoms with van der Waals surface area (Å²) in [6.45, 7) is 9.56. The molecule has 0 aromatic rings. The zero-order valence-corrected chi connectivity index (χ0v) is 63.1. The summed E-state index contributed by atoms with van der Waals surface area (Å²) in [7, 11) is -9.91. The summed E-state index contributed by atoms with van der Waals surface area (Å²) in [5, 5.41) is 10.6. The van der Waals surface area contributed by atoms with E-state index in [2.05, 4.69) is 41.5 Å². The number of phosphoric ester groups is 2. The number of esters is 4. The molecule has 0 fully saturated rings. The first kappa shape index (κ1) is 92.1. The molecule has 0 aromatic carbocycles. The average molecular weight is 1380 g/mol. The van der Waals surface area contributed by atoms with E-state index >= 15 is 0 Å². The summed E-state index contributed by atoms with van der Waals surface area (Å²) in [6.07, 6.45) is 54.0. The molecule has 0 rings (SSSR count). The molecule has 558 valence electrons. The number of hydrogen-bond acceptors (Lipinski definition) is 15. The molecule has 2 unspecified atom stereocenters. The van der Waals surface area contributed by atoms with Crippen molar-refractivity contribution in [1.82, 2.24) is 0 Å². The van der Waals surface area contributed by atoms with Crippen molar-refractivity contribution in [2.24, 2.45) is 11.8 Å². The summed E-state index contributed by atoms with van der Waals surface area (Å²) >= 11 is 0. The Kier molecular flexibility index (Phi) is 65.5. The molecule has 17 nitrogen and oxygen atoms in total. The van der Waals surface area contributed by atoms with Crippen molar-refractivity contribution in [2.75, 3.05) is 39.6 Å². The summed E-state index contributed by atoms with van der Waals surface area (Å²) in [4.78, 5) is 72.8. The quantitative estimate of drug-likeness (QED) is 0.0222. The van der Waals surface area contributed by atoms with Crippen LogP contribution in [0.15, 0.2) is 0 Å². The van der Waals surface area contributed by atoms with Crippen LogP contribution in [-0.4, -0.2) is 96.7 Å². The van der Waals surface area contributed by atoms with Gasteiger partial charge in [-0.05, 0) is 37.5 Å². The Morgan fingerprint density at radius 3 is 0.723 bits per heavy atom. The zero-order valence-electron chi connectivity index (χ0n) is 61.3. The summed E-state index contributed by atoms with van der Waals surface area (Å²) in [5.74, 6) is -0.615. The van der Waals surface area contributed by atoms with Crippen LogP contribution in [0.3, 0.4) is 0 Å². The molecule has 3 N–H and O–H groups in total. The predicted octanol–water partition coefficient (Wildman–Crippen LogP) is 21.9. The lowest BCUT2D eigenvalue weighted by molar-refractivity contribution is -0.161. The number of carbonyl (C=O) groups is 4. The zero-order chi connectivity index (χ0) is 69.3. The van der Waals surface area contributed by atoms with Gasteiger partial charge < -0.3 is 33.8 Å². The minimum atomic E-state index is -4.96. The van der Waals surface area contributed by atoms with Crippen LogP contribution >= 0.6 is 15.6 Å². The molecule has 0 heterocycles. The van der Waals surface area contributed by atoms with E-state index in [1.807, 2.05) is 0 Å². The number of ether oxygens (including phenoxy) is 4. The maximum atomic E-state index is 13.1. The van der Waals surface area contributed by atoms with E-state index in [0.717, 1.165) is 102 Å². The van der Waals surface area contributed by atoms with E-state index < -0.39 is 97.5 Å². The first-order valence-corrected chi connectivity index (χ1v) is 42.0. The molecule has 0 aliphatic carbocycles. The van der Waals surface area contributed by atoms with E-state index in [9.17, 15) is 43.2 Å². The molecule has 0 aromatic heterocycles. The Labute approximate surface area is 575 Å². The molecule has 0 bridgehead atoms. The van der Waals surface area contributed by atoms with Crippen molar-refractivity contribution < 1.29 is 80.2 Å². The van der Waals surface area contributed by atoms with Gasteiger partial charge >= 0.3 is 39.5 Å². The minimum absolute atomic E-state index is 0.107. The molecule has 5 atom stereocenters. The number of phosphoric acid groups is 2. The van der Waals surface area contributed by atoms with Gasteiger partial charge in [-0.15, -0.1) is 0 Å². The smallest absolute Gasteiger partial charge is 0.462 e. The van der Waals surface area contributed by atoms with E-state index in [-0.39, 0.29) is 25.7 Å². The monoisotopic (exact) mass is 1380 g/mol. The number of rotatable bonds is 74. The van der Waals surface area contributed by atoms with Gasteiger partial charge in [-0.3, -0.25) is 37.3 Å². The highest BCUT2D eigenvalue weighted by Gasteiger charge is 2.30. The van der Waals surface area contributed by atoms with Gasteiger partial charge in [0.25, 0.3) is 0 Å². The average Bonchev–Trinajstić information content (AvgIpc) is 1.89. The molecule has 0 spiro atoms. The second-order valence-electron chi connectivity index (χ2n) is 28.0. The second kappa shape index (κ2) is 66.9. The van der Waals surface area contributed by atoms with Crippen LogP contribution in [-0.2, 0) is 65.4 Å². The maximum Gasteiger partial charge on any atom is 0.472 e. The molecule has 19 heteroatoms. The fourth-order valence-corrected chi connectivity index (χ4v) is 13.1. The fraction of sp³-hybridized carbons (Fsp3) is 0.947. The van der Waals surface area contributed by atoms with Gasteiger partial charge in [-0.2, -0.15) is 0 Å². The van der Waals surface area contributed by atoms with Crippen molar-refractivity contribution in [3.63, 3.8) is 0 Å². The Morgan fingerprint density at radius 1 is 0.287 bits per heavy atom. The Bertz CT molecular complexity index is 1820. The maximum absolute atomic E-state index is 13.1. The third-order valence-corrected chi connectivity index (χ3v) is 19.4.